The molecule has 0 saturated heterocycles. The van der Waals surface area contributed by atoms with E-state index in [1.165, 1.54) is 4.90 Å². The molecule has 0 heterocycles. The number of likely N-dealkylation sites (N-methyl/N-ethyl adjacent to an activating group) is 1. The number of carboxylic acids is 1. The van der Waals surface area contributed by atoms with E-state index in [2.05, 4.69) is 5.32 Å². The van der Waals surface area contributed by atoms with E-state index < -0.39 is 11.4 Å². The topological polar surface area (TPSA) is 89.9 Å². The van der Waals surface area contributed by atoms with Crippen LogP contribution in [0.3, 0.4) is 0 Å². The van der Waals surface area contributed by atoms with Gasteiger partial charge in [-0.2, -0.15) is 0 Å². The molecule has 0 aliphatic heterocycles. The van der Waals surface area contributed by atoms with Crippen molar-refractivity contribution in [1.29, 1.82) is 0 Å². The summed E-state index contributed by atoms with van der Waals surface area (Å²) in [5, 5.41) is 21.3. The number of aliphatic hydroxyl groups excluding tert-OH is 1. The Balaban J connectivity index is 2.63. The Morgan fingerprint density at radius 2 is 1.80 bits per heavy atom. The van der Waals surface area contributed by atoms with Crippen LogP contribution in [0.2, 0.25) is 0 Å². The second-order valence-corrected chi connectivity index (χ2v) is 5.80. The number of nitrogens with zero attached hydrogens (tertiary/aromatic N) is 1. The minimum atomic E-state index is -0.838. The van der Waals surface area contributed by atoms with Gasteiger partial charge < -0.3 is 20.4 Å². The quantitative estimate of drug-likeness (QED) is 0.667. The molecule has 0 bridgehead atoms. The molecular weight excluding hydrogens is 260 g/mol. The molecule has 0 radical (unpaired) electrons. The minimum absolute atomic E-state index is 0.117. The average molecular weight is 286 g/mol. The number of carbonyl (C=O) groups excluding carboxylic acids is 1. The molecule has 0 spiro atoms. The van der Waals surface area contributed by atoms with E-state index in [1.807, 2.05) is 0 Å². The van der Waals surface area contributed by atoms with Crippen LogP contribution in [0, 0.1) is 5.41 Å². The molecule has 1 rings (SSSR count). The van der Waals surface area contributed by atoms with Gasteiger partial charge in [-0.05, 0) is 19.8 Å². The molecule has 3 N–H and O–H groups in total. The summed E-state index contributed by atoms with van der Waals surface area (Å²) in [5.41, 5.74) is -0.838. The average Bonchev–Trinajstić information content (AvgIpc) is 2.69. The predicted octanol–water partition coefficient (Wildman–Crippen LogP) is 1.43. The zero-order valence-electron chi connectivity index (χ0n) is 12.4. The number of hydrogen-bond acceptors (Lipinski definition) is 3. The number of rotatable bonds is 5. The molecular formula is C14H26N2O4. The monoisotopic (exact) mass is 286 g/mol. The van der Waals surface area contributed by atoms with Crippen LogP contribution in [0.4, 0.5) is 4.79 Å². The van der Waals surface area contributed by atoms with Crippen LogP contribution in [-0.4, -0.2) is 53.4 Å². The number of amides is 2. The summed E-state index contributed by atoms with van der Waals surface area (Å²) in [4.78, 5) is 24.9. The Morgan fingerprint density at radius 3 is 2.25 bits per heavy atom. The molecule has 6 nitrogen and oxygen atoms in total. The van der Waals surface area contributed by atoms with Crippen LogP contribution in [0.25, 0.3) is 0 Å². The summed E-state index contributed by atoms with van der Waals surface area (Å²) in [5.74, 6) is -0.822. The second kappa shape index (κ2) is 7.47. The molecule has 0 aromatic heterocycles. The zero-order valence-corrected chi connectivity index (χ0v) is 12.4. The molecule has 116 valence electrons. The lowest BCUT2D eigenvalue weighted by Gasteiger charge is -2.30. The molecule has 0 aromatic rings. The molecule has 1 fully saturated rings. The van der Waals surface area contributed by atoms with E-state index in [-0.39, 0.29) is 25.2 Å². The van der Waals surface area contributed by atoms with Gasteiger partial charge in [0, 0.05) is 13.6 Å². The van der Waals surface area contributed by atoms with Gasteiger partial charge in [0.15, 0.2) is 0 Å². The molecule has 6 heteroatoms. The summed E-state index contributed by atoms with van der Waals surface area (Å²) in [6.07, 6.45) is 5.13. The molecule has 1 aliphatic rings. The number of urea groups is 1. The number of aliphatic hydroxyl groups is 1. The Morgan fingerprint density at radius 1 is 1.25 bits per heavy atom. The van der Waals surface area contributed by atoms with Crippen molar-refractivity contribution in [2.45, 2.75) is 51.5 Å². The summed E-state index contributed by atoms with van der Waals surface area (Å²) in [7, 11) is 1.59. The van der Waals surface area contributed by atoms with Crippen molar-refractivity contribution in [3.63, 3.8) is 0 Å². The molecule has 1 atom stereocenters. The van der Waals surface area contributed by atoms with Crippen molar-refractivity contribution >= 4 is 12.0 Å². The lowest BCUT2D eigenvalue weighted by Crippen LogP contribution is -2.49. The van der Waals surface area contributed by atoms with Gasteiger partial charge in [-0.3, -0.25) is 4.79 Å². The highest BCUT2D eigenvalue weighted by Crippen LogP contribution is 2.34. The fourth-order valence-electron chi connectivity index (χ4n) is 2.56. The molecule has 20 heavy (non-hydrogen) atoms. The van der Waals surface area contributed by atoms with Crippen LogP contribution in [0.5, 0.6) is 0 Å². The van der Waals surface area contributed by atoms with Gasteiger partial charge in [0.25, 0.3) is 0 Å². The molecule has 0 aromatic carbocycles. The Bertz CT molecular complexity index is 338. The maximum atomic E-state index is 11.9. The summed E-state index contributed by atoms with van der Waals surface area (Å²) < 4.78 is 0. The first kappa shape index (κ1) is 16.8. The SMILES string of the molecule is CC(CO)N(C)C(=O)NCC1(C(=O)O)CCCCCC1. The van der Waals surface area contributed by atoms with Gasteiger partial charge in [0.2, 0.25) is 0 Å². The molecule has 1 aliphatic carbocycles. The van der Waals surface area contributed by atoms with Crippen molar-refractivity contribution in [3.8, 4) is 0 Å². The maximum absolute atomic E-state index is 11.9. The van der Waals surface area contributed by atoms with E-state index in [9.17, 15) is 14.7 Å². The van der Waals surface area contributed by atoms with Gasteiger partial charge in [0.05, 0.1) is 18.1 Å². The van der Waals surface area contributed by atoms with E-state index in [0.717, 1.165) is 25.7 Å². The highest BCUT2D eigenvalue weighted by atomic mass is 16.4. The Labute approximate surface area is 120 Å². The summed E-state index contributed by atoms with van der Waals surface area (Å²) >= 11 is 0. The zero-order chi connectivity index (χ0) is 15.2. The smallest absolute Gasteiger partial charge is 0.317 e. The van der Waals surface area contributed by atoms with Crippen LogP contribution in [0.15, 0.2) is 0 Å². The maximum Gasteiger partial charge on any atom is 0.317 e. The van der Waals surface area contributed by atoms with Crippen molar-refractivity contribution in [2.75, 3.05) is 20.2 Å². The minimum Gasteiger partial charge on any atom is -0.481 e. The number of hydrogen-bond donors (Lipinski definition) is 3. The molecule has 1 saturated carbocycles. The second-order valence-electron chi connectivity index (χ2n) is 5.80. The van der Waals surface area contributed by atoms with Gasteiger partial charge in [-0.25, -0.2) is 4.79 Å². The lowest BCUT2D eigenvalue weighted by molar-refractivity contribution is -0.149. The first-order valence-electron chi connectivity index (χ1n) is 7.28. The van der Waals surface area contributed by atoms with E-state index in [0.29, 0.717) is 12.8 Å². The van der Waals surface area contributed by atoms with Gasteiger partial charge in [0.1, 0.15) is 0 Å². The number of aliphatic carboxylic acids is 1. The lowest BCUT2D eigenvalue weighted by atomic mass is 9.80. The van der Waals surface area contributed by atoms with Crippen molar-refractivity contribution < 1.29 is 19.8 Å². The summed E-state index contributed by atoms with van der Waals surface area (Å²) in [6.45, 7) is 1.77. The fraction of sp³-hybridized carbons (Fsp3) is 0.857. The number of nitrogens with one attached hydrogen (secondary N) is 1. The largest absolute Gasteiger partial charge is 0.481 e. The molecule has 2 amide bonds. The third-order valence-corrected chi connectivity index (χ3v) is 4.34. The first-order valence-corrected chi connectivity index (χ1v) is 7.28. The highest BCUT2D eigenvalue weighted by Gasteiger charge is 2.39. The third-order valence-electron chi connectivity index (χ3n) is 4.34. The Hall–Kier alpha value is -1.30. The fourth-order valence-corrected chi connectivity index (χ4v) is 2.56. The standard InChI is InChI=1S/C14H26N2O4/c1-11(9-17)16(2)13(20)15-10-14(12(18)19)7-5-3-4-6-8-14/h11,17H,3-10H2,1-2H3,(H,15,20)(H,18,19). The van der Waals surface area contributed by atoms with Crippen LogP contribution < -0.4 is 5.32 Å². The van der Waals surface area contributed by atoms with Crippen molar-refractivity contribution in [3.05, 3.63) is 0 Å². The Kier molecular flexibility index (Phi) is 6.26. The normalized spacial score (nSPS) is 19.8. The van der Waals surface area contributed by atoms with Crippen molar-refractivity contribution in [2.24, 2.45) is 5.41 Å². The van der Waals surface area contributed by atoms with Gasteiger partial charge >= 0.3 is 12.0 Å². The van der Waals surface area contributed by atoms with Crippen LogP contribution in [0.1, 0.15) is 45.4 Å². The molecule has 1 unspecified atom stereocenters. The number of carbonyl (C=O) groups is 2. The highest BCUT2D eigenvalue weighted by molar-refractivity contribution is 5.78. The van der Waals surface area contributed by atoms with Crippen LogP contribution >= 0.6 is 0 Å². The van der Waals surface area contributed by atoms with E-state index in [4.69, 9.17) is 5.11 Å². The third kappa shape index (κ3) is 4.10. The summed E-state index contributed by atoms with van der Waals surface area (Å²) in [6, 6.07) is -0.624. The number of carboxylic acid groups (broad SMARTS) is 1. The van der Waals surface area contributed by atoms with Gasteiger partial charge in [-0.15, -0.1) is 0 Å². The van der Waals surface area contributed by atoms with Gasteiger partial charge in [-0.1, -0.05) is 25.7 Å². The first-order chi connectivity index (χ1) is 9.43. The predicted molar refractivity (Wildman–Crippen MR) is 75.5 cm³/mol. The van der Waals surface area contributed by atoms with Crippen molar-refractivity contribution in [1.82, 2.24) is 10.2 Å². The van der Waals surface area contributed by atoms with E-state index in [1.54, 1.807) is 14.0 Å². The van der Waals surface area contributed by atoms with E-state index >= 15 is 0 Å². The van der Waals surface area contributed by atoms with Crippen LogP contribution in [-0.2, 0) is 4.79 Å².